The Balaban J connectivity index is 3.76. The molecular formula is C13H27N. The van der Waals surface area contributed by atoms with Crippen LogP contribution in [0.5, 0.6) is 0 Å². The molecule has 0 aliphatic heterocycles. The van der Waals surface area contributed by atoms with Crippen LogP contribution in [0.15, 0.2) is 12.2 Å². The summed E-state index contributed by atoms with van der Waals surface area (Å²) in [6.07, 6.45) is 8.34. The largest absolute Gasteiger partial charge is 0.317 e. The molecular weight excluding hydrogens is 170 g/mol. The highest BCUT2D eigenvalue weighted by Crippen LogP contribution is 2.19. The van der Waals surface area contributed by atoms with E-state index in [1.165, 1.54) is 19.3 Å². The van der Waals surface area contributed by atoms with Gasteiger partial charge in [0, 0.05) is 6.04 Å². The molecule has 0 saturated carbocycles. The van der Waals surface area contributed by atoms with E-state index in [-0.39, 0.29) is 0 Å². The van der Waals surface area contributed by atoms with Gasteiger partial charge in [0.15, 0.2) is 0 Å². The van der Waals surface area contributed by atoms with E-state index in [0.717, 1.165) is 11.8 Å². The summed E-state index contributed by atoms with van der Waals surface area (Å²) < 4.78 is 0. The maximum atomic E-state index is 3.36. The Bertz CT molecular complexity index is 147. The van der Waals surface area contributed by atoms with Gasteiger partial charge in [-0.05, 0) is 45.1 Å². The van der Waals surface area contributed by atoms with Crippen LogP contribution in [-0.2, 0) is 0 Å². The smallest absolute Gasteiger partial charge is 0.00615 e. The van der Waals surface area contributed by atoms with Gasteiger partial charge in [0.1, 0.15) is 0 Å². The van der Waals surface area contributed by atoms with Crippen molar-refractivity contribution >= 4 is 0 Å². The Morgan fingerprint density at radius 3 is 2.29 bits per heavy atom. The number of rotatable bonds is 7. The number of nitrogens with one attached hydrogen (secondary N) is 1. The minimum atomic E-state index is 0.704. The molecule has 1 nitrogen and oxygen atoms in total. The molecule has 0 fully saturated rings. The van der Waals surface area contributed by atoms with Gasteiger partial charge in [-0.15, -0.1) is 0 Å². The number of allylic oxidation sites excluding steroid dienone is 2. The summed E-state index contributed by atoms with van der Waals surface area (Å²) in [6, 6.07) is 0.704. The SMILES string of the molecule is C/C=C\C(C)C(C)CCC(CC)NC. The lowest BCUT2D eigenvalue weighted by atomic mass is 9.89. The first-order valence-electron chi connectivity index (χ1n) is 5.95. The third-order valence-electron chi connectivity index (χ3n) is 3.27. The van der Waals surface area contributed by atoms with Crippen molar-refractivity contribution in [2.75, 3.05) is 7.05 Å². The molecule has 1 heteroatoms. The topological polar surface area (TPSA) is 12.0 Å². The van der Waals surface area contributed by atoms with E-state index in [1.807, 2.05) is 0 Å². The second kappa shape index (κ2) is 8.05. The van der Waals surface area contributed by atoms with Gasteiger partial charge in [0.05, 0.1) is 0 Å². The van der Waals surface area contributed by atoms with Crippen molar-refractivity contribution in [3.63, 3.8) is 0 Å². The fourth-order valence-electron chi connectivity index (χ4n) is 1.77. The van der Waals surface area contributed by atoms with E-state index in [4.69, 9.17) is 0 Å². The summed E-state index contributed by atoms with van der Waals surface area (Å²) in [5.41, 5.74) is 0. The lowest BCUT2D eigenvalue weighted by Crippen LogP contribution is -2.25. The summed E-state index contributed by atoms with van der Waals surface area (Å²) in [5, 5.41) is 3.36. The molecule has 0 aliphatic carbocycles. The summed E-state index contributed by atoms with van der Waals surface area (Å²) >= 11 is 0. The van der Waals surface area contributed by atoms with Crippen molar-refractivity contribution in [3.8, 4) is 0 Å². The van der Waals surface area contributed by atoms with E-state index in [1.54, 1.807) is 0 Å². The third kappa shape index (κ3) is 5.43. The van der Waals surface area contributed by atoms with Crippen LogP contribution < -0.4 is 5.32 Å². The Morgan fingerprint density at radius 2 is 1.86 bits per heavy atom. The maximum absolute atomic E-state index is 3.36. The minimum absolute atomic E-state index is 0.704. The first-order chi connectivity index (χ1) is 6.65. The Hall–Kier alpha value is -0.300. The highest BCUT2D eigenvalue weighted by atomic mass is 14.9. The highest BCUT2D eigenvalue weighted by molar-refractivity contribution is 4.85. The van der Waals surface area contributed by atoms with E-state index >= 15 is 0 Å². The first-order valence-corrected chi connectivity index (χ1v) is 5.95. The van der Waals surface area contributed by atoms with Crippen LogP contribution in [0.2, 0.25) is 0 Å². The zero-order valence-electron chi connectivity index (χ0n) is 10.5. The predicted molar refractivity (Wildman–Crippen MR) is 65.5 cm³/mol. The van der Waals surface area contributed by atoms with Crippen LogP contribution >= 0.6 is 0 Å². The molecule has 1 N–H and O–H groups in total. The van der Waals surface area contributed by atoms with Crippen LogP contribution in [0, 0.1) is 11.8 Å². The molecule has 0 heterocycles. The molecule has 0 aliphatic rings. The summed E-state index contributed by atoms with van der Waals surface area (Å²) in [4.78, 5) is 0. The summed E-state index contributed by atoms with van der Waals surface area (Å²) in [7, 11) is 2.06. The van der Waals surface area contributed by atoms with Crippen LogP contribution in [0.4, 0.5) is 0 Å². The number of hydrogen-bond donors (Lipinski definition) is 1. The lowest BCUT2D eigenvalue weighted by Gasteiger charge is -2.20. The molecule has 84 valence electrons. The van der Waals surface area contributed by atoms with Crippen molar-refractivity contribution in [2.45, 2.75) is 53.0 Å². The maximum Gasteiger partial charge on any atom is 0.00615 e. The second-order valence-electron chi connectivity index (χ2n) is 4.33. The zero-order chi connectivity index (χ0) is 11.0. The molecule has 0 saturated heterocycles. The highest BCUT2D eigenvalue weighted by Gasteiger charge is 2.11. The minimum Gasteiger partial charge on any atom is -0.317 e. The van der Waals surface area contributed by atoms with Gasteiger partial charge in [0.25, 0.3) is 0 Å². The van der Waals surface area contributed by atoms with Crippen molar-refractivity contribution < 1.29 is 0 Å². The molecule has 14 heavy (non-hydrogen) atoms. The van der Waals surface area contributed by atoms with Gasteiger partial charge in [-0.2, -0.15) is 0 Å². The van der Waals surface area contributed by atoms with Crippen molar-refractivity contribution in [1.82, 2.24) is 5.32 Å². The molecule has 0 rings (SSSR count). The van der Waals surface area contributed by atoms with Gasteiger partial charge in [0.2, 0.25) is 0 Å². The third-order valence-corrected chi connectivity index (χ3v) is 3.27. The molecule has 3 atom stereocenters. The normalized spacial score (nSPS) is 18.4. The molecule has 0 aromatic rings. The Kier molecular flexibility index (Phi) is 7.87. The fourth-order valence-corrected chi connectivity index (χ4v) is 1.77. The fraction of sp³-hybridized carbons (Fsp3) is 0.846. The van der Waals surface area contributed by atoms with Crippen LogP contribution in [0.1, 0.15) is 47.0 Å². The molecule has 0 radical (unpaired) electrons. The predicted octanol–water partition coefficient (Wildman–Crippen LogP) is 3.61. The van der Waals surface area contributed by atoms with Crippen molar-refractivity contribution in [3.05, 3.63) is 12.2 Å². The monoisotopic (exact) mass is 197 g/mol. The molecule has 0 bridgehead atoms. The van der Waals surface area contributed by atoms with Crippen molar-refractivity contribution in [1.29, 1.82) is 0 Å². The number of hydrogen-bond acceptors (Lipinski definition) is 1. The molecule has 0 aromatic heterocycles. The molecule has 3 unspecified atom stereocenters. The van der Waals surface area contributed by atoms with Crippen LogP contribution in [0.3, 0.4) is 0 Å². The summed E-state index contributed by atoms with van der Waals surface area (Å²) in [6.45, 7) is 9.02. The van der Waals surface area contributed by atoms with Gasteiger partial charge < -0.3 is 5.32 Å². The van der Waals surface area contributed by atoms with Gasteiger partial charge >= 0.3 is 0 Å². The molecule has 0 spiro atoms. The Labute approximate surface area is 90.0 Å². The van der Waals surface area contributed by atoms with E-state index in [2.05, 4.69) is 52.2 Å². The van der Waals surface area contributed by atoms with Crippen LogP contribution in [-0.4, -0.2) is 13.1 Å². The Morgan fingerprint density at radius 1 is 1.21 bits per heavy atom. The van der Waals surface area contributed by atoms with Crippen LogP contribution in [0.25, 0.3) is 0 Å². The summed E-state index contributed by atoms with van der Waals surface area (Å²) in [5.74, 6) is 1.52. The zero-order valence-corrected chi connectivity index (χ0v) is 10.5. The van der Waals surface area contributed by atoms with Crippen molar-refractivity contribution in [2.24, 2.45) is 11.8 Å². The average Bonchev–Trinajstić information content (AvgIpc) is 2.19. The first kappa shape index (κ1) is 13.7. The van der Waals surface area contributed by atoms with Gasteiger partial charge in [-0.25, -0.2) is 0 Å². The van der Waals surface area contributed by atoms with Gasteiger partial charge in [-0.1, -0.05) is 32.9 Å². The lowest BCUT2D eigenvalue weighted by molar-refractivity contribution is 0.375. The molecule has 0 aromatic carbocycles. The quantitative estimate of drug-likeness (QED) is 0.615. The average molecular weight is 197 g/mol. The van der Waals surface area contributed by atoms with E-state index in [0.29, 0.717) is 6.04 Å². The van der Waals surface area contributed by atoms with E-state index < -0.39 is 0 Å². The standard InChI is InChI=1S/C13H27N/c1-6-8-11(3)12(4)9-10-13(7-2)14-5/h6,8,11-14H,7,9-10H2,1-5H3/b8-6-. The van der Waals surface area contributed by atoms with Gasteiger partial charge in [-0.3, -0.25) is 0 Å². The molecule has 0 amide bonds. The second-order valence-corrected chi connectivity index (χ2v) is 4.33. The van der Waals surface area contributed by atoms with E-state index in [9.17, 15) is 0 Å².